The van der Waals surface area contributed by atoms with E-state index >= 15 is 0 Å². The topological polar surface area (TPSA) is 85.9 Å². The van der Waals surface area contributed by atoms with Crippen molar-refractivity contribution in [3.63, 3.8) is 0 Å². The molecule has 0 aliphatic carbocycles. The Morgan fingerprint density at radius 3 is 2.50 bits per heavy atom. The maximum absolute atomic E-state index is 11.2. The lowest BCUT2D eigenvalue weighted by Crippen LogP contribution is -2.27. The molecule has 5 heteroatoms. The van der Waals surface area contributed by atoms with E-state index < -0.39 is 11.0 Å². The fourth-order valence-corrected chi connectivity index (χ4v) is 1.76. The number of aryl methyl sites for hydroxylation is 2. The van der Waals surface area contributed by atoms with Gasteiger partial charge in [-0.25, -0.2) is 0 Å². The van der Waals surface area contributed by atoms with Gasteiger partial charge < -0.3 is 10.2 Å². The van der Waals surface area contributed by atoms with Gasteiger partial charge in [-0.05, 0) is 24.0 Å². The molecule has 0 atom stereocenters. The van der Waals surface area contributed by atoms with E-state index in [0.717, 1.165) is 17.5 Å². The molecule has 1 heterocycles. The molecule has 0 bridgehead atoms. The monoisotopic (exact) mass is 246 g/mol. The molecule has 0 saturated heterocycles. The van der Waals surface area contributed by atoms with Crippen molar-refractivity contribution in [2.45, 2.75) is 19.4 Å². The summed E-state index contributed by atoms with van der Waals surface area (Å²) in [5.74, 6) is 0. The molecule has 0 aliphatic rings. The second-order valence-corrected chi connectivity index (χ2v) is 4.09. The minimum absolute atomic E-state index is 0.0172. The van der Waals surface area contributed by atoms with Crippen LogP contribution in [0.4, 0.5) is 0 Å². The van der Waals surface area contributed by atoms with Crippen LogP contribution in [-0.4, -0.2) is 15.3 Å². The zero-order valence-electron chi connectivity index (χ0n) is 9.77. The highest BCUT2D eigenvalue weighted by atomic mass is 16.3. The van der Waals surface area contributed by atoms with Crippen LogP contribution in [0.2, 0.25) is 0 Å². The lowest BCUT2D eigenvalue weighted by molar-refractivity contribution is 0.281. The van der Waals surface area contributed by atoms with E-state index in [-0.39, 0.29) is 6.61 Å². The van der Waals surface area contributed by atoms with Gasteiger partial charge in [-0.15, -0.1) is 0 Å². The first-order chi connectivity index (χ1) is 8.69. The number of aliphatic hydroxyl groups excluding tert-OH is 1. The van der Waals surface area contributed by atoms with Crippen molar-refractivity contribution in [3.05, 3.63) is 67.7 Å². The average Bonchev–Trinajstić information content (AvgIpc) is 2.40. The highest BCUT2D eigenvalue weighted by Crippen LogP contribution is 2.07. The van der Waals surface area contributed by atoms with Crippen LogP contribution in [0.15, 0.2) is 39.9 Å². The molecule has 0 unspecified atom stereocenters. The number of aromatic nitrogens is 2. The van der Waals surface area contributed by atoms with Crippen LogP contribution in [0.5, 0.6) is 0 Å². The smallest absolute Gasteiger partial charge is 0.310 e. The Morgan fingerprint density at radius 2 is 1.78 bits per heavy atom. The number of hydrogen-bond donors (Lipinski definition) is 3. The summed E-state index contributed by atoms with van der Waals surface area (Å²) in [7, 11) is 0. The third-order valence-electron chi connectivity index (χ3n) is 2.72. The maximum atomic E-state index is 11.2. The van der Waals surface area contributed by atoms with Gasteiger partial charge in [0.1, 0.15) is 0 Å². The third-order valence-corrected chi connectivity index (χ3v) is 2.72. The third kappa shape index (κ3) is 2.95. The molecular weight excluding hydrogens is 232 g/mol. The average molecular weight is 246 g/mol. The normalized spacial score (nSPS) is 10.5. The Labute approximate surface area is 103 Å². The zero-order chi connectivity index (χ0) is 13.0. The molecule has 1 aromatic carbocycles. The minimum Gasteiger partial charge on any atom is -0.392 e. The van der Waals surface area contributed by atoms with Gasteiger partial charge in [-0.2, -0.15) is 0 Å². The first kappa shape index (κ1) is 12.3. The first-order valence-electron chi connectivity index (χ1n) is 5.68. The van der Waals surface area contributed by atoms with E-state index in [2.05, 4.69) is 10.2 Å². The van der Waals surface area contributed by atoms with Gasteiger partial charge in [0.25, 0.3) is 0 Å². The van der Waals surface area contributed by atoms with Crippen LogP contribution >= 0.6 is 0 Å². The highest BCUT2D eigenvalue weighted by Gasteiger charge is 2.00. The largest absolute Gasteiger partial charge is 0.392 e. The van der Waals surface area contributed by atoms with E-state index in [1.54, 1.807) is 0 Å². The fraction of sp³-hybridized carbons (Fsp3) is 0.231. The summed E-state index contributed by atoms with van der Waals surface area (Å²) < 4.78 is 0. The summed E-state index contributed by atoms with van der Waals surface area (Å²) in [6.45, 7) is 0.0172. The maximum Gasteiger partial charge on any atom is 0.310 e. The van der Waals surface area contributed by atoms with E-state index in [1.807, 2.05) is 24.3 Å². The summed E-state index contributed by atoms with van der Waals surface area (Å²) in [5, 5.41) is 14.0. The summed E-state index contributed by atoms with van der Waals surface area (Å²) in [5.41, 5.74) is 1.46. The van der Waals surface area contributed by atoms with Crippen LogP contribution in [0.25, 0.3) is 0 Å². The number of H-pyrrole nitrogens is 2. The minimum atomic E-state index is -0.638. The highest BCUT2D eigenvalue weighted by molar-refractivity contribution is 5.23. The fourth-order valence-electron chi connectivity index (χ4n) is 1.76. The molecule has 94 valence electrons. The number of aliphatic hydroxyl groups is 1. The Morgan fingerprint density at radius 1 is 1.00 bits per heavy atom. The van der Waals surface area contributed by atoms with Crippen LogP contribution in [0.3, 0.4) is 0 Å². The number of rotatable bonds is 4. The lowest BCUT2D eigenvalue weighted by Gasteiger charge is -2.03. The van der Waals surface area contributed by atoms with E-state index in [9.17, 15) is 9.59 Å². The van der Waals surface area contributed by atoms with Crippen molar-refractivity contribution >= 4 is 0 Å². The Balaban J connectivity index is 2.08. The molecule has 2 aromatic rings. The van der Waals surface area contributed by atoms with Gasteiger partial charge in [-0.1, -0.05) is 24.3 Å². The van der Waals surface area contributed by atoms with Crippen molar-refractivity contribution in [3.8, 4) is 0 Å². The molecular formula is C13H14N2O3. The molecule has 0 amide bonds. The molecule has 18 heavy (non-hydrogen) atoms. The van der Waals surface area contributed by atoms with Crippen LogP contribution < -0.4 is 11.0 Å². The first-order valence-corrected chi connectivity index (χ1v) is 5.68. The predicted molar refractivity (Wildman–Crippen MR) is 67.5 cm³/mol. The van der Waals surface area contributed by atoms with E-state index in [4.69, 9.17) is 5.11 Å². The molecule has 0 radical (unpaired) electrons. The number of hydrogen-bond acceptors (Lipinski definition) is 3. The van der Waals surface area contributed by atoms with Gasteiger partial charge in [-0.3, -0.25) is 14.7 Å². The molecule has 3 N–H and O–H groups in total. The quantitative estimate of drug-likeness (QED) is 0.680. The summed E-state index contributed by atoms with van der Waals surface area (Å²) in [4.78, 5) is 22.1. The van der Waals surface area contributed by atoms with Crippen molar-refractivity contribution in [1.82, 2.24) is 10.2 Å². The molecule has 0 saturated carbocycles. The second-order valence-electron chi connectivity index (χ2n) is 4.09. The zero-order valence-corrected chi connectivity index (χ0v) is 9.77. The van der Waals surface area contributed by atoms with Crippen molar-refractivity contribution in [2.24, 2.45) is 0 Å². The van der Waals surface area contributed by atoms with Crippen LogP contribution in [0, 0.1) is 0 Å². The van der Waals surface area contributed by atoms with Crippen molar-refractivity contribution in [2.75, 3.05) is 0 Å². The van der Waals surface area contributed by atoms with E-state index in [0.29, 0.717) is 12.1 Å². The van der Waals surface area contributed by atoms with Crippen molar-refractivity contribution in [1.29, 1.82) is 0 Å². The molecule has 0 aliphatic heterocycles. The lowest BCUT2D eigenvalue weighted by atomic mass is 10.1. The van der Waals surface area contributed by atoms with Gasteiger partial charge in [0.15, 0.2) is 0 Å². The Bertz CT molecular complexity index is 643. The SMILES string of the molecule is O=c1cc(CCc2cccc(CO)c2)[nH][nH]c1=O. The summed E-state index contributed by atoms with van der Waals surface area (Å²) in [6.07, 6.45) is 1.36. The number of benzene rings is 1. The van der Waals surface area contributed by atoms with Crippen LogP contribution in [0.1, 0.15) is 16.8 Å². The molecule has 1 aromatic heterocycles. The number of aromatic amines is 2. The second kappa shape index (κ2) is 5.46. The molecule has 2 rings (SSSR count). The standard InChI is InChI=1S/C13H14N2O3/c16-8-10-3-1-2-9(6-10)4-5-11-7-12(17)13(18)15-14-11/h1-3,6-7,16H,4-5,8H2,(H,14,17)(H,15,18). The van der Waals surface area contributed by atoms with Crippen LogP contribution in [-0.2, 0) is 19.4 Å². The summed E-state index contributed by atoms with van der Waals surface area (Å²) in [6, 6.07) is 8.93. The predicted octanol–water partition coefficient (Wildman–Crippen LogP) is 0.341. The van der Waals surface area contributed by atoms with E-state index in [1.165, 1.54) is 6.07 Å². The van der Waals surface area contributed by atoms with Gasteiger partial charge in [0.05, 0.1) is 6.61 Å². The molecule has 0 fully saturated rings. The Kier molecular flexibility index (Phi) is 3.74. The summed E-state index contributed by atoms with van der Waals surface area (Å²) >= 11 is 0. The number of nitrogens with one attached hydrogen (secondary N) is 2. The Hall–Kier alpha value is -2.14. The van der Waals surface area contributed by atoms with Gasteiger partial charge in [0, 0.05) is 11.8 Å². The van der Waals surface area contributed by atoms with Gasteiger partial charge >= 0.3 is 5.56 Å². The molecule has 5 nitrogen and oxygen atoms in total. The van der Waals surface area contributed by atoms with Gasteiger partial charge in [0.2, 0.25) is 5.43 Å². The van der Waals surface area contributed by atoms with Crippen molar-refractivity contribution < 1.29 is 5.11 Å². The molecule has 0 spiro atoms.